The van der Waals surface area contributed by atoms with Crippen LogP contribution in [0.25, 0.3) is 0 Å². The van der Waals surface area contributed by atoms with Gasteiger partial charge in [0.15, 0.2) is 0 Å². The molecular weight excluding hydrogens is 237 g/mol. The van der Waals surface area contributed by atoms with Crippen molar-refractivity contribution in [3.8, 4) is 0 Å². The summed E-state index contributed by atoms with van der Waals surface area (Å²) in [5, 5.41) is 3.33. The molecule has 0 saturated carbocycles. The third-order valence-corrected chi connectivity index (χ3v) is 4.14. The Labute approximate surface area is 105 Å². The van der Waals surface area contributed by atoms with E-state index in [1.807, 2.05) is 6.92 Å². The smallest absolute Gasteiger partial charge is 0.123 e. The van der Waals surface area contributed by atoms with Gasteiger partial charge in [-0.2, -0.15) is 0 Å². The highest BCUT2D eigenvalue weighted by atomic mass is 32.2. The second kappa shape index (κ2) is 6.87. The Bertz CT molecular complexity index is 364. The van der Waals surface area contributed by atoms with Crippen LogP contribution in [0.1, 0.15) is 20.8 Å². The van der Waals surface area contributed by atoms with Crippen LogP contribution in [0.4, 0.5) is 4.39 Å². The van der Waals surface area contributed by atoms with Crippen molar-refractivity contribution in [2.24, 2.45) is 5.92 Å². The SMILES string of the molecule is CCNC(CS(=O)c1ccc(F)cc1)C(C)C. The van der Waals surface area contributed by atoms with Crippen molar-refractivity contribution in [2.75, 3.05) is 12.3 Å². The van der Waals surface area contributed by atoms with Crippen LogP contribution >= 0.6 is 0 Å². The first-order valence-corrected chi connectivity index (χ1v) is 7.23. The van der Waals surface area contributed by atoms with Crippen LogP contribution in [0.2, 0.25) is 0 Å². The predicted molar refractivity (Wildman–Crippen MR) is 70.0 cm³/mol. The fourth-order valence-electron chi connectivity index (χ4n) is 1.59. The van der Waals surface area contributed by atoms with Gasteiger partial charge in [-0.15, -0.1) is 0 Å². The average Bonchev–Trinajstić information content (AvgIpc) is 2.29. The van der Waals surface area contributed by atoms with Crippen molar-refractivity contribution in [1.29, 1.82) is 0 Å². The molecule has 2 unspecified atom stereocenters. The highest BCUT2D eigenvalue weighted by Crippen LogP contribution is 2.12. The van der Waals surface area contributed by atoms with Crippen molar-refractivity contribution in [2.45, 2.75) is 31.7 Å². The van der Waals surface area contributed by atoms with E-state index in [-0.39, 0.29) is 11.9 Å². The van der Waals surface area contributed by atoms with Gasteiger partial charge in [-0.25, -0.2) is 4.39 Å². The summed E-state index contributed by atoms with van der Waals surface area (Å²) in [6.45, 7) is 7.12. The molecular formula is C13H20FNOS. The molecule has 17 heavy (non-hydrogen) atoms. The molecule has 0 aliphatic rings. The van der Waals surface area contributed by atoms with Gasteiger partial charge in [0.25, 0.3) is 0 Å². The Balaban J connectivity index is 2.66. The van der Waals surface area contributed by atoms with Crippen molar-refractivity contribution in [3.05, 3.63) is 30.1 Å². The van der Waals surface area contributed by atoms with E-state index in [9.17, 15) is 8.60 Å². The van der Waals surface area contributed by atoms with Gasteiger partial charge in [0.2, 0.25) is 0 Å². The molecule has 0 amide bonds. The minimum atomic E-state index is -1.07. The van der Waals surface area contributed by atoms with Crippen molar-refractivity contribution in [1.82, 2.24) is 5.32 Å². The van der Waals surface area contributed by atoms with Gasteiger partial charge in [0, 0.05) is 16.7 Å². The van der Waals surface area contributed by atoms with Gasteiger partial charge >= 0.3 is 0 Å². The van der Waals surface area contributed by atoms with Crippen LogP contribution in [0.15, 0.2) is 29.2 Å². The van der Waals surface area contributed by atoms with Crippen LogP contribution in [-0.4, -0.2) is 22.5 Å². The standard InChI is InChI=1S/C13H20FNOS/c1-4-15-13(10(2)3)9-17(16)12-7-5-11(14)6-8-12/h5-8,10,13,15H,4,9H2,1-3H3. The van der Waals surface area contributed by atoms with Crippen LogP contribution in [0.3, 0.4) is 0 Å². The van der Waals surface area contributed by atoms with E-state index in [1.54, 1.807) is 12.1 Å². The Morgan fingerprint density at radius 2 is 1.88 bits per heavy atom. The maximum absolute atomic E-state index is 12.8. The molecule has 1 N–H and O–H groups in total. The summed E-state index contributed by atoms with van der Waals surface area (Å²) in [4.78, 5) is 0.690. The summed E-state index contributed by atoms with van der Waals surface area (Å²) >= 11 is 0. The molecule has 1 rings (SSSR count). The minimum Gasteiger partial charge on any atom is -0.313 e. The fraction of sp³-hybridized carbons (Fsp3) is 0.538. The third kappa shape index (κ3) is 4.56. The zero-order chi connectivity index (χ0) is 12.8. The number of hydrogen-bond donors (Lipinski definition) is 1. The van der Waals surface area contributed by atoms with Crippen LogP contribution in [-0.2, 0) is 10.8 Å². The monoisotopic (exact) mass is 257 g/mol. The molecule has 0 bridgehead atoms. The van der Waals surface area contributed by atoms with Crippen molar-refractivity contribution < 1.29 is 8.60 Å². The maximum atomic E-state index is 12.8. The van der Waals surface area contributed by atoms with Crippen LogP contribution in [0, 0.1) is 11.7 Å². The summed E-state index contributed by atoms with van der Waals surface area (Å²) in [5.41, 5.74) is 0. The molecule has 0 aromatic heterocycles. The minimum absolute atomic E-state index is 0.228. The molecule has 4 heteroatoms. The van der Waals surface area contributed by atoms with Gasteiger partial charge in [-0.1, -0.05) is 20.8 Å². The molecule has 1 aromatic carbocycles. The first kappa shape index (κ1) is 14.3. The average molecular weight is 257 g/mol. The lowest BCUT2D eigenvalue weighted by Gasteiger charge is -2.21. The summed E-state index contributed by atoms with van der Waals surface area (Å²) < 4.78 is 24.8. The van der Waals surface area contributed by atoms with E-state index in [1.165, 1.54) is 12.1 Å². The first-order chi connectivity index (χ1) is 8.04. The third-order valence-electron chi connectivity index (χ3n) is 2.68. The van der Waals surface area contributed by atoms with Crippen LogP contribution in [0.5, 0.6) is 0 Å². The van der Waals surface area contributed by atoms with E-state index in [0.717, 1.165) is 6.54 Å². The largest absolute Gasteiger partial charge is 0.313 e. The number of halogens is 1. The summed E-state index contributed by atoms with van der Waals surface area (Å²) in [5.74, 6) is 0.703. The number of nitrogens with one attached hydrogen (secondary N) is 1. The van der Waals surface area contributed by atoms with E-state index in [2.05, 4.69) is 19.2 Å². The predicted octanol–water partition coefficient (Wildman–Crippen LogP) is 2.57. The zero-order valence-corrected chi connectivity index (χ0v) is 11.4. The molecule has 0 radical (unpaired) electrons. The molecule has 1 aromatic rings. The topological polar surface area (TPSA) is 29.1 Å². The van der Waals surface area contributed by atoms with Gasteiger partial charge in [-0.3, -0.25) is 4.21 Å². The molecule has 0 spiro atoms. The lowest BCUT2D eigenvalue weighted by atomic mass is 10.1. The first-order valence-electron chi connectivity index (χ1n) is 5.92. The second-order valence-electron chi connectivity index (χ2n) is 4.37. The quantitative estimate of drug-likeness (QED) is 0.848. The zero-order valence-electron chi connectivity index (χ0n) is 10.6. The number of rotatable bonds is 6. The highest BCUT2D eigenvalue weighted by molar-refractivity contribution is 7.85. The van der Waals surface area contributed by atoms with E-state index in [4.69, 9.17) is 0 Å². The molecule has 0 saturated heterocycles. The number of benzene rings is 1. The summed E-state index contributed by atoms with van der Waals surface area (Å²) in [6, 6.07) is 6.12. The molecule has 0 heterocycles. The lowest BCUT2D eigenvalue weighted by molar-refractivity contribution is 0.440. The normalized spacial score (nSPS) is 14.9. The fourth-order valence-corrected chi connectivity index (χ4v) is 3.06. The molecule has 0 fully saturated rings. The van der Waals surface area contributed by atoms with E-state index in [0.29, 0.717) is 16.6 Å². The van der Waals surface area contributed by atoms with Gasteiger partial charge < -0.3 is 5.32 Å². The van der Waals surface area contributed by atoms with Gasteiger partial charge in [0.1, 0.15) is 5.82 Å². The molecule has 2 nitrogen and oxygen atoms in total. The molecule has 0 aliphatic heterocycles. The number of hydrogen-bond acceptors (Lipinski definition) is 2. The Morgan fingerprint density at radius 3 is 2.35 bits per heavy atom. The second-order valence-corrected chi connectivity index (χ2v) is 5.87. The van der Waals surface area contributed by atoms with Gasteiger partial charge in [0.05, 0.1) is 10.8 Å². The Morgan fingerprint density at radius 1 is 1.29 bits per heavy atom. The van der Waals surface area contributed by atoms with Crippen molar-refractivity contribution >= 4 is 10.8 Å². The van der Waals surface area contributed by atoms with Gasteiger partial charge in [-0.05, 0) is 36.7 Å². The lowest BCUT2D eigenvalue weighted by Crippen LogP contribution is -2.38. The summed E-state index contributed by atoms with van der Waals surface area (Å²) in [6.07, 6.45) is 0. The Hall–Kier alpha value is -0.740. The maximum Gasteiger partial charge on any atom is 0.123 e. The summed E-state index contributed by atoms with van der Waals surface area (Å²) in [7, 11) is -1.07. The van der Waals surface area contributed by atoms with Crippen molar-refractivity contribution in [3.63, 3.8) is 0 Å². The van der Waals surface area contributed by atoms with E-state index < -0.39 is 10.8 Å². The molecule has 0 aliphatic carbocycles. The highest BCUT2D eigenvalue weighted by Gasteiger charge is 2.16. The van der Waals surface area contributed by atoms with Crippen LogP contribution < -0.4 is 5.32 Å². The Kier molecular flexibility index (Phi) is 5.78. The molecule has 96 valence electrons. The molecule has 2 atom stereocenters. The van der Waals surface area contributed by atoms with E-state index >= 15 is 0 Å².